The van der Waals surface area contributed by atoms with Crippen molar-refractivity contribution >= 4 is 42.6 Å². The number of carbonyl (C=O) groups excluding carboxylic acids is 1. The second-order valence-electron chi connectivity index (χ2n) is 9.27. The number of aryl methyl sites for hydroxylation is 2. The summed E-state index contributed by atoms with van der Waals surface area (Å²) in [5.41, 5.74) is 1.97. The quantitative estimate of drug-likeness (QED) is 0.234. The van der Waals surface area contributed by atoms with Gasteiger partial charge in [-0.15, -0.1) is 0 Å². The van der Waals surface area contributed by atoms with Crippen molar-refractivity contribution < 1.29 is 22.0 Å². The van der Waals surface area contributed by atoms with Gasteiger partial charge in [0, 0.05) is 37.0 Å². The van der Waals surface area contributed by atoms with Crippen LogP contribution in [0.2, 0.25) is 0 Å². The highest BCUT2D eigenvalue weighted by molar-refractivity contribution is 7.89. The van der Waals surface area contributed by atoms with Gasteiger partial charge in [0.2, 0.25) is 10.0 Å². The Kier molecular flexibility index (Phi) is 8.77. The van der Waals surface area contributed by atoms with Gasteiger partial charge in [-0.1, -0.05) is 25.2 Å². The van der Waals surface area contributed by atoms with Crippen LogP contribution in [0.1, 0.15) is 48.4 Å². The van der Waals surface area contributed by atoms with Gasteiger partial charge in [-0.3, -0.25) is 14.4 Å². The van der Waals surface area contributed by atoms with E-state index in [9.17, 15) is 22.0 Å². The number of amides is 1. The van der Waals surface area contributed by atoms with E-state index in [1.54, 1.807) is 4.68 Å². The molecule has 0 atom stereocenters. The third-order valence-electron chi connectivity index (χ3n) is 6.20. The van der Waals surface area contributed by atoms with Crippen LogP contribution >= 0.6 is 11.3 Å². The highest BCUT2D eigenvalue weighted by atomic mass is 32.2. The summed E-state index contributed by atoms with van der Waals surface area (Å²) in [6, 6.07) is 9.64. The molecule has 0 radical (unpaired) electrons. The Morgan fingerprint density at radius 3 is 2.26 bits per heavy atom. The molecule has 39 heavy (non-hydrogen) atoms. The fourth-order valence-corrected chi connectivity index (χ4v) is 7.02. The van der Waals surface area contributed by atoms with Crippen LogP contribution in [0.3, 0.4) is 0 Å². The molecule has 2 heterocycles. The van der Waals surface area contributed by atoms with Gasteiger partial charge in [0.1, 0.15) is 11.3 Å². The van der Waals surface area contributed by atoms with E-state index in [1.807, 2.05) is 33.8 Å². The number of sulfonamides is 1. The first-order chi connectivity index (χ1) is 18.5. The first-order valence-corrected chi connectivity index (χ1v) is 15.0. The van der Waals surface area contributed by atoms with E-state index in [0.717, 1.165) is 28.8 Å². The number of anilines is 1. The SMILES string of the molecule is CCCN(CCC)S(=O)(=O)c1ccc(C(=O)N(CCn2nc(C)cc2C)c2nc3c(F)cc(F)cc3s2)cc1. The standard InChI is InChI=1S/C27H31F2N5O3S2/c1-5-11-32(12-6-2)39(36,37)22-9-7-20(8-10-22)26(35)33(13-14-34-19(4)15-18(3)31-34)27-30-25-23(29)16-21(28)17-24(25)38-27/h7-10,15-17H,5-6,11-14H2,1-4H3. The third kappa shape index (κ3) is 6.18. The van der Waals surface area contributed by atoms with E-state index in [-0.39, 0.29) is 32.4 Å². The Labute approximate surface area is 230 Å². The van der Waals surface area contributed by atoms with Gasteiger partial charge in [0.05, 0.1) is 21.8 Å². The lowest BCUT2D eigenvalue weighted by molar-refractivity contribution is 0.0985. The fourth-order valence-electron chi connectivity index (χ4n) is 4.37. The van der Waals surface area contributed by atoms with Crippen LogP contribution in [0, 0.1) is 25.5 Å². The summed E-state index contributed by atoms with van der Waals surface area (Å²) in [6.45, 7) is 8.93. The summed E-state index contributed by atoms with van der Waals surface area (Å²) in [5, 5.41) is 4.65. The average molecular weight is 576 g/mol. The molecule has 0 aliphatic heterocycles. The summed E-state index contributed by atoms with van der Waals surface area (Å²) in [7, 11) is -3.71. The second kappa shape index (κ2) is 11.9. The van der Waals surface area contributed by atoms with Gasteiger partial charge in [-0.2, -0.15) is 9.40 Å². The van der Waals surface area contributed by atoms with Crippen molar-refractivity contribution in [2.75, 3.05) is 24.5 Å². The number of benzene rings is 2. The van der Waals surface area contributed by atoms with Crippen molar-refractivity contribution in [2.24, 2.45) is 0 Å². The number of rotatable bonds is 11. The normalized spacial score (nSPS) is 12.0. The van der Waals surface area contributed by atoms with Crippen molar-refractivity contribution in [2.45, 2.75) is 52.0 Å². The summed E-state index contributed by atoms with van der Waals surface area (Å²) < 4.78 is 58.0. The van der Waals surface area contributed by atoms with E-state index in [4.69, 9.17) is 0 Å². The minimum absolute atomic E-state index is 0.0197. The van der Waals surface area contributed by atoms with E-state index in [2.05, 4.69) is 10.1 Å². The molecule has 0 aliphatic rings. The predicted octanol–water partition coefficient (Wildman–Crippen LogP) is 5.55. The Hall–Kier alpha value is -3.22. The first-order valence-electron chi connectivity index (χ1n) is 12.7. The van der Waals surface area contributed by atoms with Crippen molar-refractivity contribution in [3.05, 3.63) is 71.1 Å². The molecule has 2 aromatic heterocycles. The summed E-state index contributed by atoms with van der Waals surface area (Å²) in [4.78, 5) is 19.5. The number of hydrogen-bond donors (Lipinski definition) is 0. The molecule has 8 nitrogen and oxygen atoms in total. The maximum absolute atomic E-state index is 14.4. The molecule has 0 spiro atoms. The maximum atomic E-state index is 14.4. The topological polar surface area (TPSA) is 88.4 Å². The summed E-state index contributed by atoms with van der Waals surface area (Å²) in [5.74, 6) is -1.98. The lowest BCUT2D eigenvalue weighted by Gasteiger charge is -2.22. The minimum Gasteiger partial charge on any atom is -0.282 e. The predicted molar refractivity (Wildman–Crippen MR) is 149 cm³/mol. The molecule has 12 heteroatoms. The molecule has 0 unspecified atom stereocenters. The molecule has 4 rings (SSSR count). The smallest absolute Gasteiger partial charge is 0.260 e. The van der Waals surface area contributed by atoms with E-state index < -0.39 is 27.6 Å². The first kappa shape index (κ1) is 28.8. The van der Waals surface area contributed by atoms with Crippen LogP contribution in [-0.4, -0.2) is 53.0 Å². The molecular formula is C27H31F2N5O3S2. The number of hydrogen-bond acceptors (Lipinski definition) is 6. The maximum Gasteiger partial charge on any atom is 0.260 e. The number of fused-ring (bicyclic) bond motifs is 1. The highest BCUT2D eigenvalue weighted by Gasteiger charge is 2.26. The van der Waals surface area contributed by atoms with Crippen LogP contribution in [0.15, 0.2) is 47.4 Å². The Bertz CT molecular complexity index is 1580. The minimum atomic E-state index is -3.71. The summed E-state index contributed by atoms with van der Waals surface area (Å²) in [6.07, 6.45) is 1.37. The fraction of sp³-hybridized carbons (Fsp3) is 0.370. The molecule has 0 aliphatic carbocycles. The lowest BCUT2D eigenvalue weighted by Crippen LogP contribution is -2.34. The molecule has 0 fully saturated rings. The Morgan fingerprint density at radius 2 is 1.67 bits per heavy atom. The van der Waals surface area contributed by atoms with Crippen LogP contribution in [-0.2, 0) is 16.6 Å². The second-order valence-corrected chi connectivity index (χ2v) is 12.2. The van der Waals surface area contributed by atoms with Crippen molar-refractivity contribution in [3.8, 4) is 0 Å². The number of thiazole rings is 1. The molecule has 208 valence electrons. The van der Waals surface area contributed by atoms with Gasteiger partial charge < -0.3 is 0 Å². The van der Waals surface area contributed by atoms with Crippen molar-refractivity contribution in [1.29, 1.82) is 0 Å². The molecule has 4 aromatic rings. The monoisotopic (exact) mass is 575 g/mol. The molecule has 0 saturated carbocycles. The van der Waals surface area contributed by atoms with Crippen LogP contribution in [0.5, 0.6) is 0 Å². The number of nitrogens with zero attached hydrogens (tertiary/aromatic N) is 5. The number of halogens is 2. The lowest BCUT2D eigenvalue weighted by atomic mass is 10.2. The zero-order valence-electron chi connectivity index (χ0n) is 22.3. The van der Waals surface area contributed by atoms with Gasteiger partial charge in [0.15, 0.2) is 10.9 Å². The number of carbonyl (C=O) groups is 1. The average Bonchev–Trinajstić information content (AvgIpc) is 3.46. The largest absolute Gasteiger partial charge is 0.282 e. The van der Waals surface area contributed by atoms with Crippen molar-refractivity contribution in [1.82, 2.24) is 19.1 Å². The zero-order valence-corrected chi connectivity index (χ0v) is 24.0. The Morgan fingerprint density at radius 1 is 1.00 bits per heavy atom. The van der Waals surface area contributed by atoms with Crippen LogP contribution in [0.25, 0.3) is 10.2 Å². The van der Waals surface area contributed by atoms with Crippen LogP contribution in [0.4, 0.5) is 13.9 Å². The zero-order chi connectivity index (χ0) is 28.3. The molecule has 0 saturated heterocycles. The van der Waals surface area contributed by atoms with Gasteiger partial charge in [-0.05, 0) is 63.1 Å². The molecule has 0 bridgehead atoms. The van der Waals surface area contributed by atoms with Crippen LogP contribution < -0.4 is 4.90 Å². The molecule has 1 amide bonds. The van der Waals surface area contributed by atoms with Gasteiger partial charge in [0.25, 0.3) is 5.91 Å². The Balaban J connectivity index is 1.68. The van der Waals surface area contributed by atoms with Gasteiger partial charge in [-0.25, -0.2) is 22.2 Å². The molecule has 2 aromatic carbocycles. The summed E-state index contributed by atoms with van der Waals surface area (Å²) >= 11 is 1.01. The van der Waals surface area contributed by atoms with E-state index in [1.165, 1.54) is 39.5 Å². The number of aromatic nitrogens is 3. The third-order valence-corrected chi connectivity index (χ3v) is 9.14. The van der Waals surface area contributed by atoms with Gasteiger partial charge >= 0.3 is 0 Å². The molecular weight excluding hydrogens is 544 g/mol. The van der Waals surface area contributed by atoms with E-state index in [0.29, 0.717) is 32.5 Å². The van der Waals surface area contributed by atoms with E-state index >= 15 is 0 Å². The molecule has 0 N–H and O–H groups in total. The highest BCUT2D eigenvalue weighted by Crippen LogP contribution is 2.32. The van der Waals surface area contributed by atoms with Crippen molar-refractivity contribution in [3.63, 3.8) is 0 Å².